The van der Waals surface area contributed by atoms with Crippen molar-refractivity contribution in [1.82, 2.24) is 15.2 Å². The van der Waals surface area contributed by atoms with Crippen molar-refractivity contribution in [3.63, 3.8) is 0 Å². The molecule has 0 aliphatic carbocycles. The molecule has 1 amide bonds. The molecule has 0 spiro atoms. The number of hydrazone groups is 1. The molecule has 0 radical (unpaired) electrons. The summed E-state index contributed by atoms with van der Waals surface area (Å²) >= 11 is 2.68. The van der Waals surface area contributed by atoms with Gasteiger partial charge in [0.2, 0.25) is 0 Å². The Balaban J connectivity index is 1.24. The van der Waals surface area contributed by atoms with Gasteiger partial charge >= 0.3 is 0 Å². The van der Waals surface area contributed by atoms with E-state index < -0.39 is 11.9 Å². The topological polar surface area (TPSA) is 94.0 Å². The van der Waals surface area contributed by atoms with Crippen LogP contribution in [0.1, 0.15) is 42.0 Å². The lowest BCUT2D eigenvalue weighted by Gasteiger charge is -2.19. The monoisotopic (exact) mass is 498 g/mol. The molecule has 5 rings (SSSR count). The minimum atomic E-state index is -0.658. The molecule has 4 heterocycles. The van der Waals surface area contributed by atoms with Gasteiger partial charge in [-0.05, 0) is 42.6 Å². The maximum absolute atomic E-state index is 13.8. The molecular formula is C23H19FN4O4S2. The van der Waals surface area contributed by atoms with E-state index in [0.717, 1.165) is 22.4 Å². The highest BCUT2D eigenvalue weighted by Gasteiger charge is 2.35. The number of carbonyl (C=O) groups is 1. The van der Waals surface area contributed by atoms with Crippen molar-refractivity contribution in [3.05, 3.63) is 82.5 Å². The molecule has 11 heteroatoms. The van der Waals surface area contributed by atoms with Crippen molar-refractivity contribution in [2.75, 3.05) is 5.75 Å². The van der Waals surface area contributed by atoms with Gasteiger partial charge in [-0.25, -0.2) is 9.40 Å². The summed E-state index contributed by atoms with van der Waals surface area (Å²) in [4.78, 5) is 14.1. The third kappa shape index (κ3) is 4.75. The Morgan fingerprint density at radius 3 is 2.91 bits per heavy atom. The summed E-state index contributed by atoms with van der Waals surface area (Å²) in [5.74, 6) is 0.304. The molecule has 0 fully saturated rings. The lowest BCUT2D eigenvalue weighted by Crippen LogP contribution is -2.28. The van der Waals surface area contributed by atoms with Gasteiger partial charge in [0.15, 0.2) is 17.7 Å². The van der Waals surface area contributed by atoms with Crippen LogP contribution in [0.15, 0.2) is 79.3 Å². The van der Waals surface area contributed by atoms with Crippen molar-refractivity contribution in [1.29, 1.82) is 0 Å². The van der Waals surface area contributed by atoms with E-state index in [2.05, 4.69) is 15.3 Å². The number of halogens is 1. The smallest absolute Gasteiger partial charge is 0.277 e. The molecule has 1 aliphatic heterocycles. The molecule has 0 unspecified atom stereocenters. The molecule has 0 bridgehead atoms. The zero-order valence-electron chi connectivity index (χ0n) is 18.0. The molecule has 0 saturated heterocycles. The van der Waals surface area contributed by atoms with Crippen LogP contribution in [-0.2, 0) is 4.79 Å². The van der Waals surface area contributed by atoms with E-state index in [-0.39, 0.29) is 34.6 Å². The molecule has 1 aliphatic rings. The highest BCUT2D eigenvalue weighted by molar-refractivity contribution is 7.99. The van der Waals surface area contributed by atoms with Crippen LogP contribution in [0.5, 0.6) is 5.75 Å². The van der Waals surface area contributed by atoms with Crippen molar-refractivity contribution < 1.29 is 22.8 Å². The summed E-state index contributed by atoms with van der Waals surface area (Å²) in [5.41, 5.74) is 0.842. The fourth-order valence-electron chi connectivity index (χ4n) is 3.45. The predicted molar refractivity (Wildman–Crippen MR) is 124 cm³/mol. The summed E-state index contributed by atoms with van der Waals surface area (Å²) in [6, 6.07) is 13.3. The summed E-state index contributed by atoms with van der Waals surface area (Å²) < 4.78 is 30.6. The first kappa shape index (κ1) is 22.4. The summed E-state index contributed by atoms with van der Waals surface area (Å²) in [7, 11) is 0. The highest BCUT2D eigenvalue weighted by atomic mass is 32.2. The lowest BCUT2D eigenvalue weighted by atomic mass is 10.1. The number of rotatable bonds is 8. The first-order chi connectivity index (χ1) is 16.6. The molecule has 0 saturated carbocycles. The van der Waals surface area contributed by atoms with E-state index in [1.165, 1.54) is 17.1 Å². The van der Waals surface area contributed by atoms with Gasteiger partial charge in [-0.1, -0.05) is 30.0 Å². The normalized spacial score (nSPS) is 16.5. The maximum Gasteiger partial charge on any atom is 0.277 e. The van der Waals surface area contributed by atoms with Gasteiger partial charge in [-0.15, -0.1) is 21.5 Å². The number of hydrogen-bond donors (Lipinski definition) is 0. The molecule has 34 heavy (non-hydrogen) atoms. The molecule has 0 N–H and O–H groups in total. The summed E-state index contributed by atoms with van der Waals surface area (Å²) in [6.07, 6.45) is 1.50. The SMILES string of the molecule is C[C@H](Oc1ccccc1F)c1nnc(SCC(=O)N2N=C(c3cccs3)C[C@@H]2c2ccco2)o1. The van der Waals surface area contributed by atoms with Crippen molar-refractivity contribution in [2.45, 2.75) is 30.7 Å². The number of para-hydroxylation sites is 1. The van der Waals surface area contributed by atoms with Gasteiger partial charge in [-0.3, -0.25) is 4.79 Å². The van der Waals surface area contributed by atoms with Crippen molar-refractivity contribution >= 4 is 34.7 Å². The Kier molecular flexibility index (Phi) is 6.45. The van der Waals surface area contributed by atoms with E-state index in [4.69, 9.17) is 13.6 Å². The van der Waals surface area contributed by atoms with Crippen LogP contribution in [0, 0.1) is 5.82 Å². The lowest BCUT2D eigenvalue weighted by molar-refractivity contribution is -0.130. The van der Waals surface area contributed by atoms with Crippen LogP contribution in [0.3, 0.4) is 0 Å². The fraction of sp³-hybridized carbons (Fsp3) is 0.217. The summed E-state index contributed by atoms with van der Waals surface area (Å²) in [5, 5.41) is 16.2. The third-order valence-electron chi connectivity index (χ3n) is 5.07. The van der Waals surface area contributed by atoms with Crippen LogP contribution in [0.2, 0.25) is 0 Å². The second-order valence-electron chi connectivity index (χ2n) is 7.38. The number of aromatic nitrogens is 2. The number of amides is 1. The number of benzene rings is 1. The molecular weight excluding hydrogens is 479 g/mol. The Morgan fingerprint density at radius 2 is 2.15 bits per heavy atom. The largest absolute Gasteiger partial charge is 0.478 e. The van der Waals surface area contributed by atoms with Crippen LogP contribution in [-0.4, -0.2) is 32.6 Å². The van der Waals surface area contributed by atoms with E-state index in [9.17, 15) is 9.18 Å². The van der Waals surface area contributed by atoms with Gasteiger partial charge < -0.3 is 13.6 Å². The highest BCUT2D eigenvalue weighted by Crippen LogP contribution is 2.35. The maximum atomic E-state index is 13.8. The zero-order chi connectivity index (χ0) is 23.5. The Hall–Kier alpha value is -3.44. The van der Waals surface area contributed by atoms with Gasteiger partial charge in [0.25, 0.3) is 17.0 Å². The van der Waals surface area contributed by atoms with Gasteiger partial charge in [0, 0.05) is 6.42 Å². The number of thioether (sulfide) groups is 1. The predicted octanol–water partition coefficient (Wildman–Crippen LogP) is 5.47. The number of carbonyl (C=O) groups excluding carboxylic acids is 1. The van der Waals surface area contributed by atoms with E-state index >= 15 is 0 Å². The van der Waals surface area contributed by atoms with Gasteiger partial charge in [0.1, 0.15) is 11.8 Å². The molecule has 4 aromatic rings. The van der Waals surface area contributed by atoms with Crippen LogP contribution in [0.25, 0.3) is 0 Å². The fourth-order valence-corrected chi connectivity index (χ4v) is 4.79. The second-order valence-corrected chi connectivity index (χ2v) is 9.26. The van der Waals surface area contributed by atoms with Crippen molar-refractivity contribution in [2.24, 2.45) is 5.10 Å². The number of furan rings is 1. The molecule has 3 aromatic heterocycles. The molecule has 174 valence electrons. The number of nitrogens with zero attached hydrogens (tertiary/aromatic N) is 4. The number of ether oxygens (including phenoxy) is 1. The van der Waals surface area contributed by atoms with Crippen molar-refractivity contribution in [3.8, 4) is 5.75 Å². The zero-order valence-corrected chi connectivity index (χ0v) is 19.6. The average Bonchev–Trinajstić information content (AvgIpc) is 3.64. The number of thiophene rings is 1. The second kappa shape index (κ2) is 9.82. The first-order valence-corrected chi connectivity index (χ1v) is 12.3. The van der Waals surface area contributed by atoms with E-state index in [0.29, 0.717) is 12.2 Å². The molecule has 1 aromatic carbocycles. The standard InChI is InChI=1S/C23H19FN4O4S2/c1-14(31-18-7-3-2-6-15(18)24)22-25-26-23(32-22)34-13-21(29)28-17(19-8-4-10-30-19)12-16(27-28)20-9-5-11-33-20/h2-11,14,17H,12-13H2,1H3/t14-,17+/m0/s1. The van der Waals surface area contributed by atoms with Gasteiger partial charge in [-0.2, -0.15) is 5.10 Å². The minimum Gasteiger partial charge on any atom is -0.478 e. The van der Waals surface area contributed by atoms with E-state index in [1.807, 2.05) is 23.6 Å². The van der Waals surface area contributed by atoms with Crippen LogP contribution in [0.4, 0.5) is 4.39 Å². The average molecular weight is 499 g/mol. The summed E-state index contributed by atoms with van der Waals surface area (Å²) in [6.45, 7) is 1.68. The first-order valence-electron chi connectivity index (χ1n) is 10.4. The quantitative estimate of drug-likeness (QED) is 0.297. The molecule has 2 atom stereocenters. The Labute approximate surface area is 202 Å². The third-order valence-corrected chi connectivity index (χ3v) is 6.79. The van der Waals surface area contributed by atoms with Gasteiger partial charge in [0.05, 0.1) is 22.6 Å². The Bertz CT molecular complexity index is 1290. The van der Waals surface area contributed by atoms with E-state index in [1.54, 1.807) is 42.7 Å². The molecule has 8 nitrogen and oxygen atoms in total. The van der Waals surface area contributed by atoms with Crippen LogP contribution >= 0.6 is 23.1 Å². The minimum absolute atomic E-state index is 0.0443. The van der Waals surface area contributed by atoms with Crippen LogP contribution < -0.4 is 4.74 Å². The Morgan fingerprint density at radius 1 is 1.26 bits per heavy atom. The number of hydrogen-bond acceptors (Lipinski definition) is 9.